The van der Waals surface area contributed by atoms with E-state index in [2.05, 4.69) is 29.6 Å². The molecule has 1 aliphatic carbocycles. The number of likely N-dealkylation sites (tertiary alicyclic amines) is 1. The zero-order chi connectivity index (χ0) is 24.2. The number of carboxylic acid groups (broad SMARTS) is 1. The molecule has 34 heavy (non-hydrogen) atoms. The Kier molecular flexibility index (Phi) is 7.20. The average Bonchev–Trinajstić information content (AvgIpc) is 3.15. The molecule has 2 unspecified atom stereocenters. The topological polar surface area (TPSA) is 95.9 Å². The molecule has 2 amide bonds. The third-order valence-electron chi connectivity index (χ3n) is 6.71. The summed E-state index contributed by atoms with van der Waals surface area (Å²) in [7, 11) is 0. The van der Waals surface area contributed by atoms with Gasteiger partial charge in [0.05, 0.1) is 0 Å². The van der Waals surface area contributed by atoms with E-state index >= 15 is 0 Å². The first-order valence-electron chi connectivity index (χ1n) is 12.0. The molecule has 0 bridgehead atoms. The number of rotatable bonds is 7. The van der Waals surface area contributed by atoms with Crippen LogP contribution in [0.1, 0.15) is 56.6 Å². The number of carbonyl (C=O) groups is 3. The second-order valence-electron chi connectivity index (χ2n) is 9.53. The molecule has 7 heteroatoms. The number of nitrogens with zero attached hydrogens (tertiary/aromatic N) is 1. The fraction of sp³-hybridized carbons (Fsp3) is 0.444. The minimum absolute atomic E-state index is 0.0733. The Morgan fingerprint density at radius 3 is 2.24 bits per heavy atom. The summed E-state index contributed by atoms with van der Waals surface area (Å²) < 4.78 is 5.63. The van der Waals surface area contributed by atoms with Crippen molar-refractivity contribution in [2.45, 2.75) is 57.5 Å². The van der Waals surface area contributed by atoms with Gasteiger partial charge in [-0.25, -0.2) is 9.59 Å². The van der Waals surface area contributed by atoms with Crippen molar-refractivity contribution in [1.82, 2.24) is 10.2 Å². The predicted molar refractivity (Wildman–Crippen MR) is 128 cm³/mol. The maximum Gasteiger partial charge on any atom is 0.407 e. The van der Waals surface area contributed by atoms with Crippen molar-refractivity contribution in [3.05, 3.63) is 59.7 Å². The normalized spacial score (nSPS) is 18.2. The third-order valence-corrected chi connectivity index (χ3v) is 6.71. The number of hydrogen-bond donors (Lipinski definition) is 2. The number of benzene rings is 2. The summed E-state index contributed by atoms with van der Waals surface area (Å²) in [5, 5.41) is 12.3. The van der Waals surface area contributed by atoms with E-state index in [-0.39, 0.29) is 24.3 Å². The molecule has 2 aliphatic rings. The highest BCUT2D eigenvalue weighted by Gasteiger charge is 2.37. The molecule has 1 saturated heterocycles. The van der Waals surface area contributed by atoms with Gasteiger partial charge in [-0.05, 0) is 53.9 Å². The van der Waals surface area contributed by atoms with Crippen LogP contribution >= 0.6 is 0 Å². The molecule has 1 fully saturated rings. The molecule has 0 aromatic heterocycles. The van der Waals surface area contributed by atoms with Crippen LogP contribution in [-0.4, -0.2) is 53.2 Å². The van der Waals surface area contributed by atoms with E-state index in [1.807, 2.05) is 38.1 Å². The molecule has 2 atom stereocenters. The first kappa shape index (κ1) is 23.8. The summed E-state index contributed by atoms with van der Waals surface area (Å²) in [5.74, 6) is -1.29. The first-order valence-corrected chi connectivity index (χ1v) is 12.0. The molecule has 2 aromatic carbocycles. The Morgan fingerprint density at radius 1 is 1.03 bits per heavy atom. The summed E-state index contributed by atoms with van der Waals surface area (Å²) in [6.45, 7) is 4.47. The van der Waals surface area contributed by atoms with Crippen LogP contribution in [0.15, 0.2) is 48.5 Å². The van der Waals surface area contributed by atoms with Crippen LogP contribution in [0, 0.1) is 5.92 Å². The van der Waals surface area contributed by atoms with Crippen LogP contribution in [-0.2, 0) is 14.3 Å². The fourth-order valence-corrected chi connectivity index (χ4v) is 5.13. The van der Waals surface area contributed by atoms with Gasteiger partial charge in [0.2, 0.25) is 5.91 Å². The lowest BCUT2D eigenvalue weighted by Crippen LogP contribution is -2.55. The number of carbonyl (C=O) groups excluding carboxylic acids is 2. The van der Waals surface area contributed by atoms with E-state index in [9.17, 15) is 19.5 Å². The summed E-state index contributed by atoms with van der Waals surface area (Å²) in [6.07, 6.45) is 1.71. The van der Waals surface area contributed by atoms with Gasteiger partial charge in [-0.2, -0.15) is 0 Å². The molecule has 2 N–H and O–H groups in total. The zero-order valence-corrected chi connectivity index (χ0v) is 19.7. The minimum atomic E-state index is -1.00. The van der Waals surface area contributed by atoms with E-state index in [0.717, 1.165) is 35.1 Å². The lowest BCUT2D eigenvalue weighted by atomic mass is 9.97. The van der Waals surface area contributed by atoms with Gasteiger partial charge in [0.25, 0.3) is 0 Å². The second kappa shape index (κ2) is 10.3. The zero-order valence-electron chi connectivity index (χ0n) is 19.7. The minimum Gasteiger partial charge on any atom is -0.480 e. The second-order valence-corrected chi connectivity index (χ2v) is 9.53. The molecule has 0 spiro atoms. The number of alkyl carbamates (subject to hydrolysis) is 1. The molecule has 7 nitrogen and oxygen atoms in total. The van der Waals surface area contributed by atoms with Crippen LogP contribution in [0.4, 0.5) is 4.79 Å². The van der Waals surface area contributed by atoms with E-state index in [1.165, 1.54) is 4.90 Å². The van der Waals surface area contributed by atoms with Gasteiger partial charge in [-0.3, -0.25) is 4.79 Å². The highest BCUT2D eigenvalue weighted by molar-refractivity contribution is 5.89. The van der Waals surface area contributed by atoms with E-state index < -0.39 is 24.1 Å². The van der Waals surface area contributed by atoms with E-state index in [1.54, 1.807) is 0 Å². The predicted octanol–water partition coefficient (Wildman–Crippen LogP) is 4.41. The number of piperidine rings is 1. The van der Waals surface area contributed by atoms with Crippen molar-refractivity contribution >= 4 is 18.0 Å². The fourth-order valence-electron chi connectivity index (χ4n) is 5.13. The van der Waals surface area contributed by atoms with Crippen LogP contribution in [0.25, 0.3) is 11.1 Å². The summed E-state index contributed by atoms with van der Waals surface area (Å²) >= 11 is 0. The SMILES string of the molecule is CC(C)CC(NC(=O)OCC1c2ccccc2-c2ccccc21)C(=O)N1CCCCC1C(=O)O. The highest BCUT2D eigenvalue weighted by atomic mass is 16.5. The van der Waals surface area contributed by atoms with Crippen molar-refractivity contribution < 1.29 is 24.2 Å². The number of aliphatic carboxylic acids is 1. The molecule has 0 saturated carbocycles. The van der Waals surface area contributed by atoms with Gasteiger partial charge >= 0.3 is 12.1 Å². The van der Waals surface area contributed by atoms with Crippen molar-refractivity contribution in [3.8, 4) is 11.1 Å². The molecule has 4 rings (SSSR count). The Labute approximate surface area is 200 Å². The Balaban J connectivity index is 1.45. The summed E-state index contributed by atoms with van der Waals surface area (Å²) in [4.78, 5) is 39.1. The molecular formula is C27H32N2O5. The number of carboxylic acids is 1. The summed E-state index contributed by atoms with van der Waals surface area (Å²) in [6, 6.07) is 14.5. The largest absolute Gasteiger partial charge is 0.480 e. The van der Waals surface area contributed by atoms with E-state index in [0.29, 0.717) is 19.4 Å². The molecule has 0 radical (unpaired) electrons. The number of fused-ring (bicyclic) bond motifs is 3. The van der Waals surface area contributed by atoms with Gasteiger partial charge in [-0.15, -0.1) is 0 Å². The maximum atomic E-state index is 13.3. The standard InChI is InChI=1S/C27H32N2O5/c1-17(2)15-23(25(30)29-14-8-7-13-24(29)26(31)32)28-27(33)34-16-22-20-11-5-3-9-18(20)19-10-4-6-12-21(19)22/h3-6,9-12,17,22-24H,7-8,13-16H2,1-2H3,(H,28,33)(H,31,32). The van der Waals surface area contributed by atoms with Crippen molar-refractivity contribution in [3.63, 3.8) is 0 Å². The van der Waals surface area contributed by atoms with Crippen LogP contribution in [0.2, 0.25) is 0 Å². The van der Waals surface area contributed by atoms with Gasteiger partial charge < -0.3 is 20.1 Å². The van der Waals surface area contributed by atoms with Gasteiger partial charge in [0, 0.05) is 12.5 Å². The third kappa shape index (κ3) is 4.93. The number of nitrogens with one attached hydrogen (secondary N) is 1. The first-order chi connectivity index (χ1) is 16.4. The molecule has 1 aliphatic heterocycles. The van der Waals surface area contributed by atoms with Gasteiger partial charge in [0.1, 0.15) is 18.7 Å². The number of ether oxygens (including phenoxy) is 1. The molecule has 2 aromatic rings. The number of hydrogen-bond acceptors (Lipinski definition) is 4. The summed E-state index contributed by atoms with van der Waals surface area (Å²) in [5.41, 5.74) is 4.52. The van der Waals surface area contributed by atoms with Gasteiger partial charge in [-0.1, -0.05) is 62.4 Å². The van der Waals surface area contributed by atoms with E-state index in [4.69, 9.17) is 4.74 Å². The molecule has 1 heterocycles. The smallest absolute Gasteiger partial charge is 0.407 e. The van der Waals surface area contributed by atoms with Crippen LogP contribution < -0.4 is 5.32 Å². The molecule has 180 valence electrons. The average molecular weight is 465 g/mol. The maximum absolute atomic E-state index is 13.3. The van der Waals surface area contributed by atoms with Crippen LogP contribution in [0.3, 0.4) is 0 Å². The Bertz CT molecular complexity index is 1020. The Morgan fingerprint density at radius 2 is 1.65 bits per heavy atom. The highest BCUT2D eigenvalue weighted by Crippen LogP contribution is 2.44. The monoisotopic (exact) mass is 464 g/mol. The lowest BCUT2D eigenvalue weighted by molar-refractivity contribution is -0.153. The lowest BCUT2D eigenvalue weighted by Gasteiger charge is -2.35. The van der Waals surface area contributed by atoms with Crippen molar-refractivity contribution in [2.24, 2.45) is 5.92 Å². The van der Waals surface area contributed by atoms with Gasteiger partial charge in [0.15, 0.2) is 0 Å². The number of amides is 2. The van der Waals surface area contributed by atoms with Crippen molar-refractivity contribution in [2.75, 3.05) is 13.2 Å². The Hall–Kier alpha value is -3.35. The quantitative estimate of drug-likeness (QED) is 0.633. The molecular weight excluding hydrogens is 432 g/mol. The van der Waals surface area contributed by atoms with Crippen LogP contribution in [0.5, 0.6) is 0 Å². The van der Waals surface area contributed by atoms with Crippen molar-refractivity contribution in [1.29, 1.82) is 0 Å².